The molecule has 0 saturated carbocycles. The number of rotatable bonds is 8. The Balaban J connectivity index is 2.27. The van der Waals surface area contributed by atoms with Gasteiger partial charge in [-0.3, -0.25) is 0 Å². The van der Waals surface area contributed by atoms with Gasteiger partial charge in [0, 0.05) is 6.04 Å². The zero-order valence-electron chi connectivity index (χ0n) is 10.5. The Kier molecular flexibility index (Phi) is 6.16. The molecule has 3 nitrogen and oxygen atoms in total. The van der Waals surface area contributed by atoms with Crippen LogP contribution in [-0.4, -0.2) is 26.8 Å². The van der Waals surface area contributed by atoms with Gasteiger partial charge in [-0.25, -0.2) is 8.42 Å². The van der Waals surface area contributed by atoms with Gasteiger partial charge in [0.05, 0.1) is 5.75 Å². The summed E-state index contributed by atoms with van der Waals surface area (Å²) >= 11 is 1.30. The third-order valence-electron chi connectivity index (χ3n) is 2.65. The van der Waals surface area contributed by atoms with Gasteiger partial charge in [-0.2, -0.15) is 0 Å². The summed E-state index contributed by atoms with van der Waals surface area (Å²) in [7, 11) is -3.03. The molecule has 1 N–H and O–H groups in total. The molecule has 0 fully saturated rings. The summed E-state index contributed by atoms with van der Waals surface area (Å²) in [5.74, 6) is 0.270. The van der Waals surface area contributed by atoms with Crippen molar-refractivity contribution in [2.24, 2.45) is 0 Å². The molecule has 17 heavy (non-hydrogen) atoms. The molecule has 0 radical (unpaired) electrons. The van der Waals surface area contributed by atoms with Crippen molar-refractivity contribution < 1.29 is 8.42 Å². The molecule has 0 aromatic carbocycles. The molecule has 1 rings (SSSR count). The van der Waals surface area contributed by atoms with E-state index in [2.05, 4.69) is 19.2 Å². The maximum absolute atomic E-state index is 11.9. The fourth-order valence-corrected chi connectivity index (χ4v) is 4.26. The molecule has 1 aromatic rings. The fourth-order valence-electron chi connectivity index (χ4n) is 1.73. The Labute approximate surface area is 108 Å². The van der Waals surface area contributed by atoms with Gasteiger partial charge in [0.15, 0.2) is 9.84 Å². The molecule has 1 heterocycles. The van der Waals surface area contributed by atoms with Crippen molar-refractivity contribution in [3.63, 3.8) is 0 Å². The van der Waals surface area contributed by atoms with E-state index in [1.165, 1.54) is 11.3 Å². The van der Waals surface area contributed by atoms with E-state index in [9.17, 15) is 8.42 Å². The first-order chi connectivity index (χ1) is 8.06. The molecule has 98 valence electrons. The van der Waals surface area contributed by atoms with Crippen molar-refractivity contribution in [3.05, 3.63) is 17.5 Å². The van der Waals surface area contributed by atoms with E-state index >= 15 is 0 Å². The van der Waals surface area contributed by atoms with E-state index in [0.29, 0.717) is 10.3 Å². The minimum atomic E-state index is -3.03. The van der Waals surface area contributed by atoms with Crippen LogP contribution in [0, 0.1) is 0 Å². The summed E-state index contributed by atoms with van der Waals surface area (Å²) in [6, 6.07) is 3.94. The zero-order valence-corrected chi connectivity index (χ0v) is 12.1. The summed E-state index contributed by atoms with van der Waals surface area (Å²) in [6.45, 7) is 5.18. The lowest BCUT2D eigenvalue weighted by atomic mass is 10.1. The first kappa shape index (κ1) is 14.7. The smallest absolute Gasteiger partial charge is 0.187 e. The molecule has 1 aromatic heterocycles. The number of unbranched alkanes of at least 4 members (excludes halogenated alkanes) is 1. The second kappa shape index (κ2) is 7.13. The van der Waals surface area contributed by atoms with Crippen molar-refractivity contribution in [2.45, 2.75) is 43.4 Å². The van der Waals surface area contributed by atoms with E-state index in [-0.39, 0.29) is 5.75 Å². The molecule has 1 atom stereocenters. The van der Waals surface area contributed by atoms with Gasteiger partial charge in [-0.1, -0.05) is 19.4 Å². The summed E-state index contributed by atoms with van der Waals surface area (Å²) in [4.78, 5) is 0. The first-order valence-electron chi connectivity index (χ1n) is 6.06. The molecular weight excluding hydrogens is 254 g/mol. The van der Waals surface area contributed by atoms with Crippen LogP contribution in [0.3, 0.4) is 0 Å². The largest absolute Gasteiger partial charge is 0.315 e. The van der Waals surface area contributed by atoms with E-state index < -0.39 is 9.84 Å². The Morgan fingerprint density at radius 3 is 2.76 bits per heavy atom. The Bertz CT molecular complexity index is 398. The van der Waals surface area contributed by atoms with Crippen molar-refractivity contribution >= 4 is 21.2 Å². The van der Waals surface area contributed by atoms with Crippen LogP contribution < -0.4 is 5.32 Å². The van der Waals surface area contributed by atoms with E-state index in [4.69, 9.17) is 0 Å². The number of hydrogen-bond donors (Lipinski definition) is 1. The highest BCUT2D eigenvalue weighted by molar-refractivity contribution is 7.93. The molecule has 0 saturated heterocycles. The summed E-state index contributed by atoms with van der Waals surface area (Å²) in [5.41, 5.74) is 0. The Morgan fingerprint density at radius 1 is 1.41 bits per heavy atom. The Hall–Kier alpha value is -0.390. The van der Waals surface area contributed by atoms with Gasteiger partial charge in [0.25, 0.3) is 0 Å². The van der Waals surface area contributed by atoms with Crippen LogP contribution in [-0.2, 0) is 9.84 Å². The average molecular weight is 275 g/mol. The quantitative estimate of drug-likeness (QED) is 0.742. The van der Waals surface area contributed by atoms with Crippen molar-refractivity contribution in [3.8, 4) is 0 Å². The first-order valence-corrected chi connectivity index (χ1v) is 8.59. The van der Waals surface area contributed by atoms with Crippen LogP contribution in [0.5, 0.6) is 0 Å². The number of thiophene rings is 1. The lowest BCUT2D eigenvalue weighted by Gasteiger charge is -2.11. The topological polar surface area (TPSA) is 46.2 Å². The van der Waals surface area contributed by atoms with Crippen LogP contribution in [0.1, 0.15) is 33.1 Å². The molecule has 0 aliphatic carbocycles. The highest BCUT2D eigenvalue weighted by Crippen LogP contribution is 2.18. The fraction of sp³-hybridized carbons (Fsp3) is 0.667. The number of sulfone groups is 1. The Morgan fingerprint density at radius 2 is 2.18 bits per heavy atom. The minimum absolute atomic E-state index is 0.270. The maximum atomic E-state index is 11.9. The second-order valence-electron chi connectivity index (χ2n) is 4.21. The summed E-state index contributed by atoms with van der Waals surface area (Å²) in [6.07, 6.45) is 2.74. The average Bonchev–Trinajstić information content (AvgIpc) is 2.79. The van der Waals surface area contributed by atoms with Crippen LogP contribution >= 0.6 is 11.3 Å². The van der Waals surface area contributed by atoms with Gasteiger partial charge in [0.2, 0.25) is 0 Å². The third-order valence-corrected chi connectivity index (χ3v) is 5.94. The molecule has 0 aliphatic heterocycles. The molecule has 5 heteroatoms. The van der Waals surface area contributed by atoms with Gasteiger partial charge < -0.3 is 5.32 Å². The van der Waals surface area contributed by atoms with Gasteiger partial charge in [-0.05, 0) is 37.8 Å². The summed E-state index contributed by atoms with van der Waals surface area (Å²) < 4.78 is 24.2. The maximum Gasteiger partial charge on any atom is 0.187 e. The lowest BCUT2D eigenvalue weighted by Crippen LogP contribution is -2.25. The third kappa shape index (κ3) is 5.19. The SMILES string of the molecule is CCNC(C)CCCCS(=O)(=O)c1cccs1. The second-order valence-corrected chi connectivity index (χ2v) is 7.49. The van der Waals surface area contributed by atoms with Crippen molar-refractivity contribution in [2.75, 3.05) is 12.3 Å². The van der Waals surface area contributed by atoms with Gasteiger partial charge >= 0.3 is 0 Å². The zero-order chi connectivity index (χ0) is 12.7. The predicted octanol–water partition coefficient (Wildman–Crippen LogP) is 2.69. The molecule has 0 bridgehead atoms. The molecular formula is C12H21NO2S2. The minimum Gasteiger partial charge on any atom is -0.315 e. The van der Waals surface area contributed by atoms with Crippen molar-refractivity contribution in [1.29, 1.82) is 0 Å². The molecule has 0 aliphatic rings. The van der Waals surface area contributed by atoms with Gasteiger partial charge in [-0.15, -0.1) is 11.3 Å². The van der Waals surface area contributed by atoms with Crippen LogP contribution in [0.4, 0.5) is 0 Å². The van der Waals surface area contributed by atoms with E-state index in [1.54, 1.807) is 17.5 Å². The van der Waals surface area contributed by atoms with Gasteiger partial charge in [0.1, 0.15) is 4.21 Å². The molecule has 0 amide bonds. The highest BCUT2D eigenvalue weighted by Gasteiger charge is 2.14. The highest BCUT2D eigenvalue weighted by atomic mass is 32.2. The summed E-state index contributed by atoms with van der Waals surface area (Å²) in [5, 5.41) is 5.13. The van der Waals surface area contributed by atoms with Crippen molar-refractivity contribution in [1.82, 2.24) is 5.32 Å². The van der Waals surface area contributed by atoms with Crippen LogP contribution in [0.25, 0.3) is 0 Å². The van der Waals surface area contributed by atoms with E-state index in [0.717, 1.165) is 25.8 Å². The number of hydrogen-bond acceptors (Lipinski definition) is 4. The predicted molar refractivity (Wildman–Crippen MR) is 73.4 cm³/mol. The van der Waals surface area contributed by atoms with E-state index in [1.807, 2.05) is 0 Å². The number of nitrogens with one attached hydrogen (secondary N) is 1. The standard InChI is InChI=1S/C12H21NO2S2/c1-3-13-11(2)7-4-5-10-17(14,15)12-8-6-9-16-12/h6,8-9,11,13H,3-5,7,10H2,1-2H3. The lowest BCUT2D eigenvalue weighted by molar-refractivity contribution is 0.507. The van der Waals surface area contributed by atoms with Crippen LogP contribution in [0.15, 0.2) is 21.7 Å². The molecule has 1 unspecified atom stereocenters. The monoisotopic (exact) mass is 275 g/mol. The van der Waals surface area contributed by atoms with Crippen LogP contribution in [0.2, 0.25) is 0 Å². The normalized spacial score (nSPS) is 13.8. The molecule has 0 spiro atoms.